The second-order valence-electron chi connectivity index (χ2n) is 6.98. The number of aliphatic hydroxyl groups is 1. The Labute approximate surface area is 177 Å². The predicted octanol–water partition coefficient (Wildman–Crippen LogP) is 4.12. The Morgan fingerprint density at radius 2 is 1.76 bits per heavy atom. The van der Waals surface area contributed by atoms with Gasteiger partial charge in [0.25, 0.3) is 11.7 Å². The number of likely N-dealkylation sites (N-methyl/N-ethyl adjacent to an activating group) is 1. The zero-order chi connectivity index (χ0) is 21.3. The van der Waals surface area contributed by atoms with Gasteiger partial charge in [0.05, 0.1) is 21.7 Å². The lowest BCUT2D eigenvalue weighted by atomic mass is 9.95. The Balaban J connectivity index is 2.16. The zero-order valence-corrected chi connectivity index (χ0v) is 17.3. The summed E-state index contributed by atoms with van der Waals surface area (Å²) in [5.41, 5.74) is 0.710. The van der Waals surface area contributed by atoms with E-state index in [2.05, 4.69) is 0 Å². The number of rotatable bonds is 5. The number of amides is 1. The van der Waals surface area contributed by atoms with Gasteiger partial charge in [0.1, 0.15) is 11.6 Å². The van der Waals surface area contributed by atoms with E-state index in [4.69, 9.17) is 23.2 Å². The molecule has 1 fully saturated rings. The summed E-state index contributed by atoms with van der Waals surface area (Å²) in [6.07, 6.45) is 0. The van der Waals surface area contributed by atoms with Crippen molar-refractivity contribution in [3.05, 3.63) is 75.0 Å². The van der Waals surface area contributed by atoms with Crippen molar-refractivity contribution in [2.75, 3.05) is 27.2 Å². The van der Waals surface area contributed by atoms with E-state index >= 15 is 0 Å². The van der Waals surface area contributed by atoms with Crippen molar-refractivity contribution in [3.8, 4) is 0 Å². The summed E-state index contributed by atoms with van der Waals surface area (Å²) in [5.74, 6) is -2.37. The molecule has 0 unspecified atom stereocenters. The molecule has 1 aliphatic heterocycles. The lowest BCUT2D eigenvalue weighted by Gasteiger charge is -2.26. The Hall–Kier alpha value is -2.41. The molecule has 0 spiro atoms. The number of halogens is 3. The van der Waals surface area contributed by atoms with E-state index in [-0.39, 0.29) is 28.5 Å². The number of benzene rings is 2. The fraction of sp³-hybridized carbons (Fsp3) is 0.238. The quantitative estimate of drug-likeness (QED) is 0.435. The van der Waals surface area contributed by atoms with Crippen molar-refractivity contribution in [2.45, 2.75) is 6.04 Å². The maximum absolute atomic E-state index is 13.3. The molecule has 1 saturated heterocycles. The smallest absolute Gasteiger partial charge is 0.295 e. The van der Waals surface area contributed by atoms with Crippen LogP contribution in [0.3, 0.4) is 0 Å². The minimum atomic E-state index is -0.838. The molecule has 0 radical (unpaired) electrons. The van der Waals surface area contributed by atoms with Gasteiger partial charge in [-0.2, -0.15) is 0 Å². The van der Waals surface area contributed by atoms with E-state index in [1.165, 1.54) is 29.2 Å². The minimum Gasteiger partial charge on any atom is -0.507 e. The average Bonchev–Trinajstić information content (AvgIpc) is 2.93. The summed E-state index contributed by atoms with van der Waals surface area (Å²) in [4.78, 5) is 28.8. The molecule has 8 heteroatoms. The molecular formula is C21H19Cl2FN2O3. The van der Waals surface area contributed by atoms with Gasteiger partial charge in [0.2, 0.25) is 0 Å². The van der Waals surface area contributed by atoms with E-state index in [1.807, 2.05) is 19.0 Å². The number of hydrogen-bond donors (Lipinski definition) is 1. The summed E-state index contributed by atoms with van der Waals surface area (Å²) in [6, 6.07) is 9.01. The zero-order valence-electron chi connectivity index (χ0n) is 15.8. The number of carbonyl (C=O) groups excluding carboxylic acids is 2. The molecule has 152 valence electrons. The molecule has 1 amide bonds. The maximum atomic E-state index is 13.3. The first-order valence-electron chi connectivity index (χ1n) is 8.84. The lowest BCUT2D eigenvalue weighted by molar-refractivity contribution is -0.140. The summed E-state index contributed by atoms with van der Waals surface area (Å²) >= 11 is 12.2. The number of nitrogens with zero attached hydrogens (tertiary/aromatic N) is 2. The van der Waals surface area contributed by atoms with Crippen LogP contribution in [0.5, 0.6) is 0 Å². The van der Waals surface area contributed by atoms with Crippen LogP contribution in [0.2, 0.25) is 10.0 Å². The molecule has 0 aromatic heterocycles. The third-order valence-electron chi connectivity index (χ3n) is 4.71. The van der Waals surface area contributed by atoms with Gasteiger partial charge < -0.3 is 14.9 Å². The molecule has 5 nitrogen and oxygen atoms in total. The number of ketones is 1. The first-order chi connectivity index (χ1) is 13.7. The first kappa shape index (κ1) is 21.3. The van der Waals surface area contributed by atoms with Gasteiger partial charge in [-0.15, -0.1) is 0 Å². The highest BCUT2D eigenvalue weighted by molar-refractivity contribution is 6.46. The van der Waals surface area contributed by atoms with Crippen molar-refractivity contribution < 1.29 is 19.1 Å². The molecule has 0 bridgehead atoms. The fourth-order valence-corrected chi connectivity index (χ4v) is 3.52. The Morgan fingerprint density at radius 1 is 1.10 bits per heavy atom. The van der Waals surface area contributed by atoms with E-state index in [9.17, 15) is 19.1 Å². The molecule has 1 N–H and O–H groups in total. The van der Waals surface area contributed by atoms with Gasteiger partial charge in [0.15, 0.2) is 0 Å². The highest BCUT2D eigenvalue weighted by Crippen LogP contribution is 2.40. The molecule has 1 aliphatic rings. The Morgan fingerprint density at radius 3 is 2.34 bits per heavy atom. The van der Waals surface area contributed by atoms with Gasteiger partial charge in [-0.25, -0.2) is 4.39 Å². The van der Waals surface area contributed by atoms with Crippen LogP contribution in [0.25, 0.3) is 5.76 Å². The van der Waals surface area contributed by atoms with Crippen LogP contribution in [-0.2, 0) is 9.59 Å². The highest BCUT2D eigenvalue weighted by atomic mass is 35.5. The number of aliphatic hydroxyl groups excluding tert-OH is 1. The lowest BCUT2D eigenvalue weighted by Crippen LogP contribution is -2.35. The second-order valence-corrected chi connectivity index (χ2v) is 7.79. The van der Waals surface area contributed by atoms with Gasteiger partial charge in [0, 0.05) is 18.7 Å². The van der Waals surface area contributed by atoms with Crippen molar-refractivity contribution in [3.63, 3.8) is 0 Å². The molecule has 2 aromatic rings. The molecule has 2 aromatic carbocycles. The monoisotopic (exact) mass is 436 g/mol. The summed E-state index contributed by atoms with van der Waals surface area (Å²) in [5, 5.41) is 11.4. The highest BCUT2D eigenvalue weighted by Gasteiger charge is 2.46. The fourth-order valence-electron chi connectivity index (χ4n) is 3.21. The molecule has 3 rings (SSSR count). The van der Waals surface area contributed by atoms with E-state index in [0.29, 0.717) is 17.1 Å². The summed E-state index contributed by atoms with van der Waals surface area (Å²) in [7, 11) is 3.70. The van der Waals surface area contributed by atoms with Crippen LogP contribution in [0.1, 0.15) is 17.2 Å². The van der Waals surface area contributed by atoms with Crippen LogP contribution >= 0.6 is 23.2 Å². The molecule has 29 heavy (non-hydrogen) atoms. The minimum absolute atomic E-state index is 0.0706. The molecule has 1 heterocycles. The first-order valence-corrected chi connectivity index (χ1v) is 9.60. The van der Waals surface area contributed by atoms with Gasteiger partial charge in [-0.05, 0) is 56.1 Å². The van der Waals surface area contributed by atoms with Crippen LogP contribution < -0.4 is 0 Å². The van der Waals surface area contributed by atoms with Crippen LogP contribution in [-0.4, -0.2) is 53.8 Å². The molecule has 0 aliphatic carbocycles. The Bertz CT molecular complexity index is 990. The largest absolute Gasteiger partial charge is 0.507 e. The normalized spacial score (nSPS) is 18.7. The van der Waals surface area contributed by atoms with E-state index in [0.717, 1.165) is 0 Å². The number of likely N-dealkylation sites (tertiary alicyclic amines) is 1. The van der Waals surface area contributed by atoms with E-state index in [1.54, 1.807) is 18.2 Å². The number of Topliss-reactive ketones (excluding diaryl/α,β-unsaturated/α-hetero) is 1. The average molecular weight is 437 g/mol. The van der Waals surface area contributed by atoms with Gasteiger partial charge >= 0.3 is 0 Å². The molecular weight excluding hydrogens is 418 g/mol. The van der Waals surface area contributed by atoms with Crippen LogP contribution in [0.15, 0.2) is 48.0 Å². The number of carbonyl (C=O) groups is 2. The van der Waals surface area contributed by atoms with Crippen molar-refractivity contribution in [1.29, 1.82) is 0 Å². The van der Waals surface area contributed by atoms with Crippen LogP contribution in [0.4, 0.5) is 4.39 Å². The maximum Gasteiger partial charge on any atom is 0.295 e. The van der Waals surface area contributed by atoms with Crippen LogP contribution in [0, 0.1) is 5.82 Å². The van der Waals surface area contributed by atoms with Gasteiger partial charge in [-0.1, -0.05) is 29.3 Å². The molecule has 1 atom stereocenters. The van der Waals surface area contributed by atoms with E-state index < -0.39 is 23.5 Å². The standard InChI is InChI=1S/C21H19Cl2FN2O3/c1-25(2)9-10-26-18(13-5-8-15(22)16(23)11-13)17(20(28)21(26)29)19(27)12-3-6-14(24)7-4-12/h3-8,11,18,27H,9-10H2,1-2H3/b19-17+/t18-/m0/s1. The summed E-state index contributed by atoms with van der Waals surface area (Å²) < 4.78 is 13.3. The summed E-state index contributed by atoms with van der Waals surface area (Å²) in [6.45, 7) is 0.782. The van der Waals surface area contributed by atoms with Crippen molar-refractivity contribution in [1.82, 2.24) is 9.80 Å². The topological polar surface area (TPSA) is 60.9 Å². The second kappa shape index (κ2) is 8.53. The SMILES string of the molecule is CN(C)CCN1C(=O)C(=O)/C(=C(/O)c2ccc(F)cc2)[C@@H]1c1ccc(Cl)c(Cl)c1. The molecule has 0 saturated carbocycles. The van der Waals surface area contributed by atoms with Crippen molar-refractivity contribution >= 4 is 40.7 Å². The third kappa shape index (κ3) is 4.29. The predicted molar refractivity (Wildman–Crippen MR) is 110 cm³/mol. The number of hydrogen-bond acceptors (Lipinski definition) is 4. The third-order valence-corrected chi connectivity index (χ3v) is 5.44. The Kier molecular flexibility index (Phi) is 6.27. The van der Waals surface area contributed by atoms with Gasteiger partial charge in [-0.3, -0.25) is 9.59 Å². The van der Waals surface area contributed by atoms with Crippen molar-refractivity contribution in [2.24, 2.45) is 0 Å².